The smallest absolute Gasteiger partial charge is 0.326 e. The van der Waals surface area contributed by atoms with Crippen molar-refractivity contribution in [2.45, 2.75) is 29.5 Å². The van der Waals surface area contributed by atoms with Gasteiger partial charge in [0.05, 0.1) is 10.3 Å². The lowest BCUT2D eigenvalue weighted by Gasteiger charge is -2.17. The molecule has 0 saturated heterocycles. The maximum atomic E-state index is 12.1. The number of carbonyl (C=O) groups excluding carboxylic acids is 1. The zero-order chi connectivity index (χ0) is 16.7. The lowest BCUT2D eigenvalue weighted by atomic mass is 10.2. The summed E-state index contributed by atoms with van der Waals surface area (Å²) >= 11 is 13.2. The summed E-state index contributed by atoms with van der Waals surface area (Å²) in [6, 6.07) is 3.99. The number of hydrogen-bond donors (Lipinski definition) is 2. The van der Waals surface area contributed by atoms with E-state index in [0.717, 1.165) is 0 Å². The van der Waals surface area contributed by atoms with E-state index in [-0.39, 0.29) is 18.9 Å². The van der Waals surface area contributed by atoms with E-state index >= 15 is 0 Å². The number of halogens is 2. The van der Waals surface area contributed by atoms with Gasteiger partial charge in [0.25, 0.3) is 0 Å². The van der Waals surface area contributed by atoms with Crippen LogP contribution in [-0.4, -0.2) is 42.0 Å². The van der Waals surface area contributed by atoms with Gasteiger partial charge in [-0.25, -0.2) is 4.79 Å². The van der Waals surface area contributed by atoms with E-state index in [1.165, 1.54) is 18.9 Å². The van der Waals surface area contributed by atoms with Crippen molar-refractivity contribution in [3.8, 4) is 0 Å². The summed E-state index contributed by atoms with van der Waals surface area (Å²) in [6.07, 6.45) is 0.201. The molecule has 0 saturated carbocycles. The van der Waals surface area contributed by atoms with Gasteiger partial charge in [-0.15, -0.1) is 11.8 Å². The van der Waals surface area contributed by atoms with Gasteiger partial charge in [-0.05, 0) is 25.1 Å². The number of carboxylic acid groups (broad SMARTS) is 1. The van der Waals surface area contributed by atoms with Gasteiger partial charge in [0.2, 0.25) is 5.91 Å². The average molecular weight is 366 g/mol. The van der Waals surface area contributed by atoms with Crippen molar-refractivity contribution in [3.05, 3.63) is 28.2 Å². The van der Waals surface area contributed by atoms with Gasteiger partial charge in [0.1, 0.15) is 6.04 Å². The third-order valence-corrected chi connectivity index (χ3v) is 4.63. The first kappa shape index (κ1) is 19.1. The molecule has 0 bridgehead atoms. The maximum Gasteiger partial charge on any atom is 0.326 e. The Labute approximate surface area is 143 Å². The number of rotatable bonds is 8. The highest BCUT2D eigenvalue weighted by Crippen LogP contribution is 2.32. The van der Waals surface area contributed by atoms with Crippen LogP contribution in [0.5, 0.6) is 0 Å². The van der Waals surface area contributed by atoms with Crippen molar-refractivity contribution < 1.29 is 19.4 Å². The zero-order valence-corrected chi connectivity index (χ0v) is 14.5. The molecule has 122 valence electrons. The normalized spacial score (nSPS) is 13.5. The van der Waals surface area contributed by atoms with E-state index in [0.29, 0.717) is 14.9 Å². The number of carboxylic acids is 1. The fraction of sp³-hybridized carbons (Fsp3) is 0.429. The Morgan fingerprint density at radius 2 is 2.09 bits per heavy atom. The SMILES string of the molecule is COCCC(NC(=O)C(C)Sc1cc(Cl)ccc1Cl)C(=O)O. The molecule has 0 aromatic heterocycles. The summed E-state index contributed by atoms with van der Waals surface area (Å²) in [6.45, 7) is 1.92. The van der Waals surface area contributed by atoms with Gasteiger partial charge in [0.15, 0.2) is 0 Å². The second-order valence-electron chi connectivity index (χ2n) is 4.52. The van der Waals surface area contributed by atoms with Gasteiger partial charge in [0, 0.05) is 30.1 Å². The standard InChI is InChI=1S/C14H17Cl2NO4S/c1-8(22-12-7-9(15)3-4-10(12)16)13(18)17-11(14(19)20)5-6-21-2/h3-4,7-8,11H,5-6H2,1-2H3,(H,17,18)(H,19,20). The second-order valence-corrected chi connectivity index (χ2v) is 6.74. The first-order valence-electron chi connectivity index (χ1n) is 6.49. The molecule has 1 amide bonds. The first-order valence-corrected chi connectivity index (χ1v) is 8.12. The molecular formula is C14H17Cl2NO4S. The Kier molecular flexibility index (Phi) is 8.03. The first-order chi connectivity index (χ1) is 10.3. The Morgan fingerprint density at radius 1 is 1.41 bits per heavy atom. The van der Waals surface area contributed by atoms with E-state index in [1.807, 2.05) is 0 Å². The van der Waals surface area contributed by atoms with E-state index in [2.05, 4.69) is 5.32 Å². The lowest BCUT2D eigenvalue weighted by Crippen LogP contribution is -2.44. The van der Waals surface area contributed by atoms with Crippen molar-refractivity contribution in [2.75, 3.05) is 13.7 Å². The number of amides is 1. The van der Waals surface area contributed by atoms with Gasteiger partial charge >= 0.3 is 5.97 Å². The molecule has 0 radical (unpaired) electrons. The van der Waals surface area contributed by atoms with Crippen LogP contribution in [0.2, 0.25) is 10.0 Å². The Balaban J connectivity index is 2.67. The summed E-state index contributed by atoms with van der Waals surface area (Å²) in [5, 5.41) is 12.1. The van der Waals surface area contributed by atoms with Crippen molar-refractivity contribution in [1.82, 2.24) is 5.32 Å². The Bertz CT molecular complexity index is 542. The zero-order valence-electron chi connectivity index (χ0n) is 12.1. The summed E-state index contributed by atoms with van der Waals surface area (Å²) in [5.74, 6) is -1.48. The summed E-state index contributed by atoms with van der Waals surface area (Å²) in [7, 11) is 1.47. The Morgan fingerprint density at radius 3 is 2.68 bits per heavy atom. The quantitative estimate of drug-likeness (QED) is 0.692. The molecule has 0 fully saturated rings. The minimum absolute atomic E-state index is 0.201. The topological polar surface area (TPSA) is 75.6 Å². The summed E-state index contributed by atoms with van der Waals surface area (Å²) in [4.78, 5) is 23.9. The molecule has 2 N–H and O–H groups in total. The number of carbonyl (C=O) groups is 2. The summed E-state index contributed by atoms with van der Waals surface area (Å²) < 4.78 is 4.84. The molecule has 0 aliphatic carbocycles. The maximum absolute atomic E-state index is 12.1. The van der Waals surface area contributed by atoms with Crippen LogP contribution in [0.15, 0.2) is 23.1 Å². The van der Waals surface area contributed by atoms with Crippen LogP contribution < -0.4 is 5.32 Å². The van der Waals surface area contributed by atoms with Crippen molar-refractivity contribution in [1.29, 1.82) is 0 Å². The van der Waals surface area contributed by atoms with Crippen LogP contribution >= 0.6 is 35.0 Å². The predicted molar refractivity (Wildman–Crippen MR) is 87.8 cm³/mol. The van der Waals surface area contributed by atoms with Crippen molar-refractivity contribution >= 4 is 46.8 Å². The van der Waals surface area contributed by atoms with Crippen LogP contribution in [0.1, 0.15) is 13.3 Å². The molecule has 1 rings (SSSR count). The molecule has 1 aromatic rings. The summed E-state index contributed by atoms with van der Waals surface area (Å²) in [5.41, 5.74) is 0. The fourth-order valence-electron chi connectivity index (χ4n) is 1.59. The van der Waals surface area contributed by atoms with Crippen LogP contribution in [0, 0.1) is 0 Å². The number of nitrogens with one attached hydrogen (secondary N) is 1. The van der Waals surface area contributed by atoms with Gasteiger partial charge in [-0.3, -0.25) is 4.79 Å². The number of benzene rings is 1. The number of aliphatic carboxylic acids is 1. The van der Waals surface area contributed by atoms with Crippen molar-refractivity contribution in [3.63, 3.8) is 0 Å². The lowest BCUT2D eigenvalue weighted by molar-refractivity contribution is -0.142. The molecule has 0 aliphatic rings. The monoisotopic (exact) mass is 365 g/mol. The highest BCUT2D eigenvalue weighted by Gasteiger charge is 2.23. The van der Waals surface area contributed by atoms with Gasteiger partial charge in [-0.1, -0.05) is 23.2 Å². The number of ether oxygens (including phenoxy) is 1. The molecule has 1 aromatic carbocycles. The van der Waals surface area contributed by atoms with E-state index in [1.54, 1.807) is 25.1 Å². The van der Waals surface area contributed by atoms with Crippen LogP contribution in [0.3, 0.4) is 0 Å². The predicted octanol–water partition coefficient (Wildman–Crippen LogP) is 3.08. The number of methoxy groups -OCH3 is 1. The molecule has 2 atom stereocenters. The molecule has 2 unspecified atom stereocenters. The molecule has 0 aliphatic heterocycles. The highest BCUT2D eigenvalue weighted by molar-refractivity contribution is 8.00. The minimum atomic E-state index is -1.09. The van der Waals surface area contributed by atoms with Crippen LogP contribution in [-0.2, 0) is 14.3 Å². The van der Waals surface area contributed by atoms with E-state index in [9.17, 15) is 9.59 Å². The number of thioether (sulfide) groups is 1. The molecule has 0 heterocycles. The van der Waals surface area contributed by atoms with Gasteiger partial charge < -0.3 is 15.2 Å². The average Bonchev–Trinajstić information content (AvgIpc) is 2.46. The third kappa shape index (κ3) is 6.04. The van der Waals surface area contributed by atoms with Crippen LogP contribution in [0.25, 0.3) is 0 Å². The Hall–Kier alpha value is -0.950. The molecule has 22 heavy (non-hydrogen) atoms. The molecule has 8 heteroatoms. The fourth-order valence-corrected chi connectivity index (χ4v) is 3.01. The highest BCUT2D eigenvalue weighted by atomic mass is 35.5. The van der Waals surface area contributed by atoms with Crippen LogP contribution in [0.4, 0.5) is 0 Å². The largest absolute Gasteiger partial charge is 0.480 e. The molecule has 5 nitrogen and oxygen atoms in total. The minimum Gasteiger partial charge on any atom is -0.480 e. The number of hydrogen-bond acceptors (Lipinski definition) is 4. The molecule has 0 spiro atoms. The van der Waals surface area contributed by atoms with E-state index < -0.39 is 17.3 Å². The molecular weight excluding hydrogens is 349 g/mol. The van der Waals surface area contributed by atoms with Gasteiger partial charge in [-0.2, -0.15) is 0 Å². The van der Waals surface area contributed by atoms with E-state index in [4.69, 9.17) is 33.0 Å². The van der Waals surface area contributed by atoms with Crippen molar-refractivity contribution in [2.24, 2.45) is 0 Å². The third-order valence-electron chi connectivity index (χ3n) is 2.79. The second kappa shape index (κ2) is 9.25.